The highest BCUT2D eigenvalue weighted by Gasteiger charge is 2.12. The van der Waals surface area contributed by atoms with Crippen LogP contribution in [-0.2, 0) is 0 Å². The van der Waals surface area contributed by atoms with E-state index in [1.54, 1.807) is 0 Å². The zero-order valence-corrected chi connectivity index (χ0v) is 14.0. The van der Waals surface area contributed by atoms with Crippen LogP contribution in [0.5, 0.6) is 5.75 Å². The molecule has 116 valence electrons. The Balaban J connectivity index is 1.92. The van der Waals surface area contributed by atoms with E-state index in [1.165, 1.54) is 11.1 Å². The Hall–Kier alpha value is -2.02. The predicted molar refractivity (Wildman–Crippen MR) is 95.3 cm³/mol. The predicted octanol–water partition coefficient (Wildman–Crippen LogP) is 6.07. The van der Waals surface area contributed by atoms with Gasteiger partial charge in [-0.25, -0.2) is 0 Å². The van der Waals surface area contributed by atoms with Crippen LogP contribution in [0.3, 0.4) is 0 Å². The molecule has 2 aromatic rings. The highest BCUT2D eigenvalue weighted by atomic mass is 16.5. The third-order valence-electron chi connectivity index (χ3n) is 3.47. The molecule has 0 saturated heterocycles. The summed E-state index contributed by atoms with van der Waals surface area (Å²) in [7, 11) is 0. The van der Waals surface area contributed by atoms with E-state index >= 15 is 0 Å². The van der Waals surface area contributed by atoms with Crippen LogP contribution in [0.4, 0.5) is 0 Å². The molecule has 0 amide bonds. The Bertz CT molecular complexity index is 588. The molecule has 0 spiro atoms. The second-order valence-electron chi connectivity index (χ2n) is 6.73. The average Bonchev–Trinajstić information content (AvgIpc) is 2.47. The quantitative estimate of drug-likeness (QED) is 0.650. The molecule has 0 radical (unpaired) electrons. The van der Waals surface area contributed by atoms with Crippen LogP contribution >= 0.6 is 0 Å². The first-order chi connectivity index (χ1) is 10.4. The van der Waals surface area contributed by atoms with Gasteiger partial charge in [-0.15, -0.1) is 0 Å². The minimum Gasteiger partial charge on any atom is -0.488 e. The number of benzene rings is 2. The molecule has 0 aromatic heterocycles. The third-order valence-corrected chi connectivity index (χ3v) is 3.47. The summed E-state index contributed by atoms with van der Waals surface area (Å²) in [6, 6.07) is 18.9. The molecule has 2 rings (SSSR count). The van der Waals surface area contributed by atoms with Gasteiger partial charge in [0.15, 0.2) is 0 Å². The van der Waals surface area contributed by atoms with Gasteiger partial charge in [-0.1, -0.05) is 61.5 Å². The second-order valence-corrected chi connectivity index (χ2v) is 6.73. The SMILES string of the molecule is C[C@@H](C/C=C/c1ccccc1)c1ccc(OC(C)(C)C)cc1. The summed E-state index contributed by atoms with van der Waals surface area (Å²) in [5, 5.41) is 0. The van der Waals surface area contributed by atoms with Crippen molar-refractivity contribution in [2.45, 2.75) is 45.6 Å². The Kier molecular flexibility index (Phi) is 5.43. The van der Waals surface area contributed by atoms with E-state index in [9.17, 15) is 0 Å². The fraction of sp³-hybridized carbons (Fsp3) is 0.333. The lowest BCUT2D eigenvalue weighted by atomic mass is 9.97. The lowest BCUT2D eigenvalue weighted by Gasteiger charge is -2.21. The molecule has 0 aliphatic carbocycles. The lowest BCUT2D eigenvalue weighted by Crippen LogP contribution is -2.22. The maximum Gasteiger partial charge on any atom is 0.120 e. The van der Waals surface area contributed by atoms with Crippen molar-refractivity contribution < 1.29 is 4.74 Å². The van der Waals surface area contributed by atoms with E-state index in [2.05, 4.69) is 88.4 Å². The van der Waals surface area contributed by atoms with Crippen LogP contribution in [0.1, 0.15) is 51.2 Å². The normalized spacial score (nSPS) is 13.3. The molecular formula is C21H26O. The Labute approximate surface area is 134 Å². The Morgan fingerprint density at radius 2 is 1.59 bits per heavy atom. The summed E-state index contributed by atoms with van der Waals surface area (Å²) < 4.78 is 5.86. The maximum atomic E-state index is 5.86. The smallest absolute Gasteiger partial charge is 0.120 e. The fourth-order valence-corrected chi connectivity index (χ4v) is 2.33. The molecule has 1 atom stereocenters. The number of hydrogen-bond acceptors (Lipinski definition) is 1. The molecule has 0 saturated carbocycles. The monoisotopic (exact) mass is 294 g/mol. The maximum absolute atomic E-state index is 5.86. The summed E-state index contributed by atoms with van der Waals surface area (Å²) >= 11 is 0. The van der Waals surface area contributed by atoms with Crippen LogP contribution in [0.15, 0.2) is 60.7 Å². The van der Waals surface area contributed by atoms with Crippen LogP contribution < -0.4 is 4.74 Å². The summed E-state index contributed by atoms with van der Waals surface area (Å²) in [5.41, 5.74) is 2.45. The molecule has 1 heteroatoms. The average molecular weight is 294 g/mol. The van der Waals surface area contributed by atoms with Gasteiger partial charge in [0, 0.05) is 0 Å². The van der Waals surface area contributed by atoms with Crippen molar-refractivity contribution in [2.24, 2.45) is 0 Å². The molecule has 0 aliphatic heterocycles. The van der Waals surface area contributed by atoms with E-state index in [-0.39, 0.29) is 5.60 Å². The van der Waals surface area contributed by atoms with Gasteiger partial charge < -0.3 is 4.74 Å². The van der Waals surface area contributed by atoms with E-state index in [0.717, 1.165) is 12.2 Å². The Morgan fingerprint density at radius 3 is 2.18 bits per heavy atom. The molecule has 1 nitrogen and oxygen atoms in total. The lowest BCUT2D eigenvalue weighted by molar-refractivity contribution is 0.131. The molecular weight excluding hydrogens is 268 g/mol. The highest BCUT2D eigenvalue weighted by molar-refractivity contribution is 5.48. The molecule has 2 aromatic carbocycles. The third kappa shape index (κ3) is 5.40. The van der Waals surface area contributed by atoms with E-state index < -0.39 is 0 Å². The van der Waals surface area contributed by atoms with Crippen molar-refractivity contribution in [2.75, 3.05) is 0 Å². The van der Waals surface area contributed by atoms with Gasteiger partial charge in [0.1, 0.15) is 11.4 Å². The van der Waals surface area contributed by atoms with Crippen molar-refractivity contribution in [1.82, 2.24) is 0 Å². The van der Waals surface area contributed by atoms with Crippen molar-refractivity contribution >= 4 is 6.08 Å². The first-order valence-electron chi connectivity index (χ1n) is 7.94. The highest BCUT2D eigenvalue weighted by Crippen LogP contribution is 2.24. The van der Waals surface area contributed by atoms with Crippen molar-refractivity contribution in [3.8, 4) is 5.75 Å². The molecule has 0 heterocycles. The molecule has 0 aliphatic rings. The molecule has 0 unspecified atom stereocenters. The summed E-state index contributed by atoms with van der Waals surface area (Å²) in [4.78, 5) is 0. The van der Waals surface area contributed by atoms with Gasteiger partial charge in [0.05, 0.1) is 0 Å². The molecule has 0 N–H and O–H groups in total. The molecule has 0 bridgehead atoms. The number of rotatable bonds is 5. The van der Waals surface area contributed by atoms with Gasteiger partial charge in [-0.3, -0.25) is 0 Å². The molecule has 0 fully saturated rings. The number of hydrogen-bond donors (Lipinski definition) is 0. The topological polar surface area (TPSA) is 9.23 Å². The first kappa shape index (κ1) is 16.4. The fourth-order valence-electron chi connectivity index (χ4n) is 2.33. The van der Waals surface area contributed by atoms with Gasteiger partial charge in [-0.05, 0) is 56.4 Å². The van der Waals surface area contributed by atoms with Crippen molar-refractivity contribution in [3.63, 3.8) is 0 Å². The largest absolute Gasteiger partial charge is 0.488 e. The van der Waals surface area contributed by atoms with Crippen molar-refractivity contribution in [3.05, 3.63) is 71.8 Å². The minimum atomic E-state index is -0.147. The van der Waals surface area contributed by atoms with E-state index in [4.69, 9.17) is 4.74 Å². The van der Waals surface area contributed by atoms with Crippen molar-refractivity contribution in [1.29, 1.82) is 0 Å². The summed E-state index contributed by atoms with van der Waals surface area (Å²) in [6.07, 6.45) is 5.47. The molecule has 22 heavy (non-hydrogen) atoms. The van der Waals surface area contributed by atoms with Gasteiger partial charge >= 0.3 is 0 Å². The zero-order valence-electron chi connectivity index (χ0n) is 14.0. The number of ether oxygens (including phenoxy) is 1. The standard InChI is InChI=1S/C21H26O/c1-17(9-8-12-18-10-6-5-7-11-18)19-13-15-20(16-14-19)22-21(2,3)4/h5-8,10-17H,9H2,1-4H3/b12-8+/t17-/m0/s1. The van der Waals surface area contributed by atoms with Gasteiger partial charge in [-0.2, -0.15) is 0 Å². The summed E-state index contributed by atoms with van der Waals surface area (Å²) in [6.45, 7) is 8.46. The van der Waals surface area contributed by atoms with Crippen LogP contribution in [0.2, 0.25) is 0 Å². The first-order valence-corrected chi connectivity index (χ1v) is 7.94. The van der Waals surface area contributed by atoms with Gasteiger partial charge in [0.25, 0.3) is 0 Å². The van der Waals surface area contributed by atoms with E-state index in [1.807, 2.05) is 6.07 Å². The zero-order chi connectivity index (χ0) is 16.0. The Morgan fingerprint density at radius 1 is 0.955 bits per heavy atom. The van der Waals surface area contributed by atoms with Gasteiger partial charge in [0.2, 0.25) is 0 Å². The van der Waals surface area contributed by atoms with Crippen LogP contribution in [0.25, 0.3) is 6.08 Å². The summed E-state index contributed by atoms with van der Waals surface area (Å²) in [5.74, 6) is 1.44. The van der Waals surface area contributed by atoms with Crippen LogP contribution in [0, 0.1) is 0 Å². The number of allylic oxidation sites excluding steroid dienone is 1. The second kappa shape index (κ2) is 7.31. The minimum absolute atomic E-state index is 0.147. The van der Waals surface area contributed by atoms with E-state index in [0.29, 0.717) is 5.92 Å². The van der Waals surface area contributed by atoms with Crippen LogP contribution in [-0.4, -0.2) is 5.60 Å².